The Balaban J connectivity index is 2.56. The van der Waals surface area contributed by atoms with Gasteiger partial charge in [0, 0.05) is 6.54 Å². The van der Waals surface area contributed by atoms with Gasteiger partial charge in [-0.3, -0.25) is 0 Å². The van der Waals surface area contributed by atoms with E-state index in [1.54, 1.807) is 0 Å². The minimum atomic E-state index is -0.493. The van der Waals surface area contributed by atoms with Crippen LogP contribution in [0.15, 0.2) is 12.7 Å². The molecular formula is C9H17NO. The summed E-state index contributed by atoms with van der Waals surface area (Å²) >= 11 is 0. The maximum atomic E-state index is 10.0. The summed E-state index contributed by atoms with van der Waals surface area (Å²) in [6.07, 6.45) is 3.37. The SMILES string of the molecule is C=CCC1(O)CCNCC1C. The van der Waals surface area contributed by atoms with Gasteiger partial charge in [0.1, 0.15) is 0 Å². The smallest absolute Gasteiger partial charge is 0.0731 e. The van der Waals surface area contributed by atoms with E-state index in [4.69, 9.17) is 0 Å². The van der Waals surface area contributed by atoms with E-state index < -0.39 is 5.60 Å². The summed E-state index contributed by atoms with van der Waals surface area (Å²) in [6, 6.07) is 0. The summed E-state index contributed by atoms with van der Waals surface area (Å²) in [7, 11) is 0. The lowest BCUT2D eigenvalue weighted by atomic mass is 9.80. The lowest BCUT2D eigenvalue weighted by Gasteiger charge is -2.37. The van der Waals surface area contributed by atoms with Gasteiger partial charge in [0.15, 0.2) is 0 Å². The van der Waals surface area contributed by atoms with E-state index in [9.17, 15) is 5.11 Å². The van der Waals surface area contributed by atoms with Crippen molar-refractivity contribution in [3.8, 4) is 0 Å². The summed E-state index contributed by atoms with van der Waals surface area (Å²) in [4.78, 5) is 0. The van der Waals surface area contributed by atoms with Crippen LogP contribution < -0.4 is 5.32 Å². The zero-order valence-electron chi connectivity index (χ0n) is 7.14. The second-order valence-corrected chi connectivity index (χ2v) is 3.45. The van der Waals surface area contributed by atoms with Gasteiger partial charge in [-0.1, -0.05) is 13.0 Å². The van der Waals surface area contributed by atoms with E-state index in [-0.39, 0.29) is 0 Å². The molecule has 11 heavy (non-hydrogen) atoms. The van der Waals surface area contributed by atoms with E-state index in [1.165, 1.54) is 0 Å². The molecule has 0 amide bonds. The molecule has 1 fully saturated rings. The highest BCUT2D eigenvalue weighted by atomic mass is 16.3. The normalized spacial score (nSPS) is 38.5. The molecule has 0 aromatic carbocycles. The fraction of sp³-hybridized carbons (Fsp3) is 0.778. The zero-order chi connectivity index (χ0) is 8.32. The van der Waals surface area contributed by atoms with Crippen LogP contribution in [0, 0.1) is 5.92 Å². The minimum absolute atomic E-state index is 0.342. The van der Waals surface area contributed by atoms with Gasteiger partial charge >= 0.3 is 0 Å². The van der Waals surface area contributed by atoms with Crippen LogP contribution in [0.5, 0.6) is 0 Å². The molecule has 0 aromatic heterocycles. The highest BCUT2D eigenvalue weighted by Gasteiger charge is 2.34. The molecule has 0 saturated carbocycles. The molecule has 0 aromatic rings. The van der Waals surface area contributed by atoms with Crippen molar-refractivity contribution < 1.29 is 5.11 Å². The number of hydrogen-bond acceptors (Lipinski definition) is 2. The first-order chi connectivity index (χ1) is 5.19. The van der Waals surface area contributed by atoms with E-state index in [2.05, 4.69) is 18.8 Å². The van der Waals surface area contributed by atoms with Gasteiger partial charge < -0.3 is 10.4 Å². The Morgan fingerprint density at radius 2 is 2.55 bits per heavy atom. The van der Waals surface area contributed by atoms with E-state index in [0.29, 0.717) is 5.92 Å². The lowest BCUT2D eigenvalue weighted by Crippen LogP contribution is -2.48. The monoisotopic (exact) mass is 155 g/mol. The molecule has 1 heterocycles. The van der Waals surface area contributed by atoms with Crippen molar-refractivity contribution in [1.29, 1.82) is 0 Å². The van der Waals surface area contributed by atoms with Crippen LogP contribution in [0.2, 0.25) is 0 Å². The average molecular weight is 155 g/mol. The second-order valence-electron chi connectivity index (χ2n) is 3.45. The highest BCUT2D eigenvalue weighted by Crippen LogP contribution is 2.27. The molecule has 1 rings (SSSR count). The Bertz CT molecular complexity index is 146. The van der Waals surface area contributed by atoms with Gasteiger partial charge in [-0.05, 0) is 25.3 Å². The van der Waals surface area contributed by atoms with Gasteiger partial charge in [-0.15, -0.1) is 6.58 Å². The number of piperidine rings is 1. The molecule has 64 valence electrons. The summed E-state index contributed by atoms with van der Waals surface area (Å²) < 4.78 is 0. The predicted molar refractivity (Wildman–Crippen MR) is 46.4 cm³/mol. The van der Waals surface area contributed by atoms with Gasteiger partial charge in [-0.25, -0.2) is 0 Å². The molecule has 1 saturated heterocycles. The van der Waals surface area contributed by atoms with E-state index in [0.717, 1.165) is 25.9 Å². The molecule has 1 aliphatic heterocycles. The zero-order valence-corrected chi connectivity index (χ0v) is 7.14. The average Bonchev–Trinajstić information content (AvgIpc) is 1.96. The molecule has 0 bridgehead atoms. The van der Waals surface area contributed by atoms with Crippen LogP contribution in [0.3, 0.4) is 0 Å². The summed E-state index contributed by atoms with van der Waals surface area (Å²) in [6.45, 7) is 7.58. The van der Waals surface area contributed by atoms with E-state index >= 15 is 0 Å². The van der Waals surface area contributed by atoms with Crippen LogP contribution in [-0.2, 0) is 0 Å². The van der Waals surface area contributed by atoms with Gasteiger partial charge in [0.2, 0.25) is 0 Å². The molecule has 0 spiro atoms. The van der Waals surface area contributed by atoms with Crippen LogP contribution in [-0.4, -0.2) is 23.8 Å². The lowest BCUT2D eigenvalue weighted by molar-refractivity contribution is -0.0306. The second kappa shape index (κ2) is 3.37. The maximum Gasteiger partial charge on any atom is 0.0731 e. The third-order valence-electron chi connectivity index (χ3n) is 2.60. The van der Waals surface area contributed by atoms with Crippen LogP contribution in [0.1, 0.15) is 19.8 Å². The largest absolute Gasteiger partial charge is 0.389 e. The predicted octanol–water partition coefficient (Wildman–Crippen LogP) is 0.923. The summed E-state index contributed by atoms with van der Waals surface area (Å²) in [5.74, 6) is 0.342. The van der Waals surface area contributed by atoms with Crippen molar-refractivity contribution >= 4 is 0 Å². The summed E-state index contributed by atoms with van der Waals surface area (Å²) in [5.41, 5.74) is -0.493. The first-order valence-electron chi connectivity index (χ1n) is 4.23. The van der Waals surface area contributed by atoms with Gasteiger partial charge in [0.25, 0.3) is 0 Å². The third-order valence-corrected chi connectivity index (χ3v) is 2.60. The number of hydrogen-bond donors (Lipinski definition) is 2. The molecule has 2 N–H and O–H groups in total. The first-order valence-corrected chi connectivity index (χ1v) is 4.23. The number of rotatable bonds is 2. The van der Waals surface area contributed by atoms with Crippen molar-refractivity contribution in [3.05, 3.63) is 12.7 Å². The summed E-state index contributed by atoms with van der Waals surface area (Å²) in [5, 5.41) is 13.3. The molecule has 1 aliphatic rings. The highest BCUT2D eigenvalue weighted by molar-refractivity contribution is 4.94. The number of aliphatic hydroxyl groups is 1. The Kier molecular flexibility index (Phi) is 2.68. The topological polar surface area (TPSA) is 32.3 Å². The van der Waals surface area contributed by atoms with Crippen LogP contribution in [0.25, 0.3) is 0 Å². The fourth-order valence-corrected chi connectivity index (χ4v) is 1.61. The Morgan fingerprint density at radius 1 is 1.82 bits per heavy atom. The molecule has 2 heteroatoms. The molecule has 2 nitrogen and oxygen atoms in total. The van der Waals surface area contributed by atoms with Crippen molar-refractivity contribution in [2.24, 2.45) is 5.92 Å². The number of nitrogens with one attached hydrogen (secondary N) is 1. The third kappa shape index (κ3) is 1.82. The molecule has 2 unspecified atom stereocenters. The van der Waals surface area contributed by atoms with Gasteiger partial charge in [-0.2, -0.15) is 0 Å². The van der Waals surface area contributed by atoms with Crippen molar-refractivity contribution in [2.75, 3.05) is 13.1 Å². The maximum absolute atomic E-state index is 10.0. The van der Waals surface area contributed by atoms with E-state index in [1.807, 2.05) is 6.08 Å². The standard InChI is InChI=1S/C9H17NO/c1-3-4-9(11)5-6-10-7-8(9)2/h3,8,10-11H,1,4-7H2,2H3. The van der Waals surface area contributed by atoms with Crippen LogP contribution in [0.4, 0.5) is 0 Å². The first kappa shape index (κ1) is 8.75. The molecule has 0 aliphatic carbocycles. The van der Waals surface area contributed by atoms with Crippen molar-refractivity contribution in [2.45, 2.75) is 25.4 Å². The Morgan fingerprint density at radius 3 is 3.09 bits per heavy atom. The molecule has 2 atom stereocenters. The molecule has 0 radical (unpaired) electrons. The quantitative estimate of drug-likeness (QED) is 0.581. The van der Waals surface area contributed by atoms with Gasteiger partial charge in [0.05, 0.1) is 5.60 Å². The van der Waals surface area contributed by atoms with Crippen molar-refractivity contribution in [1.82, 2.24) is 5.32 Å². The Hall–Kier alpha value is -0.340. The fourth-order valence-electron chi connectivity index (χ4n) is 1.61. The molecular weight excluding hydrogens is 138 g/mol. The van der Waals surface area contributed by atoms with Crippen molar-refractivity contribution in [3.63, 3.8) is 0 Å². The van der Waals surface area contributed by atoms with Crippen LogP contribution >= 0.6 is 0 Å². The minimum Gasteiger partial charge on any atom is -0.389 e. The Labute approximate surface area is 68.3 Å².